The fourth-order valence-corrected chi connectivity index (χ4v) is 2.08. The first-order chi connectivity index (χ1) is 8.24. The Morgan fingerprint density at radius 3 is 2.59 bits per heavy atom. The molecule has 0 unspecified atom stereocenters. The van der Waals surface area contributed by atoms with Gasteiger partial charge in [0, 0.05) is 18.7 Å². The van der Waals surface area contributed by atoms with Crippen molar-refractivity contribution in [2.24, 2.45) is 0 Å². The van der Waals surface area contributed by atoms with Gasteiger partial charge in [0.2, 0.25) is 0 Å². The van der Waals surface area contributed by atoms with E-state index in [4.69, 9.17) is 9.47 Å². The first-order valence-electron chi connectivity index (χ1n) is 5.84. The SMILES string of the molecule is COc1ccc(OC)c(C2=CCN(C)CC2)c1. The van der Waals surface area contributed by atoms with Gasteiger partial charge in [0.05, 0.1) is 14.2 Å². The molecule has 0 N–H and O–H groups in total. The van der Waals surface area contributed by atoms with Crippen LogP contribution in [0, 0.1) is 0 Å². The van der Waals surface area contributed by atoms with Crippen molar-refractivity contribution in [2.45, 2.75) is 6.42 Å². The molecule has 0 atom stereocenters. The van der Waals surface area contributed by atoms with Crippen LogP contribution in [-0.4, -0.2) is 39.3 Å². The smallest absolute Gasteiger partial charge is 0.126 e. The number of rotatable bonds is 3. The fourth-order valence-electron chi connectivity index (χ4n) is 2.08. The minimum atomic E-state index is 0.876. The molecule has 1 aromatic carbocycles. The number of methoxy groups -OCH3 is 2. The van der Waals surface area contributed by atoms with Crippen molar-refractivity contribution in [1.29, 1.82) is 0 Å². The topological polar surface area (TPSA) is 21.7 Å². The van der Waals surface area contributed by atoms with Gasteiger partial charge in [0.15, 0.2) is 0 Å². The quantitative estimate of drug-likeness (QED) is 0.800. The molecule has 0 bridgehead atoms. The number of nitrogens with zero attached hydrogens (tertiary/aromatic N) is 1. The van der Waals surface area contributed by atoms with Gasteiger partial charge >= 0.3 is 0 Å². The second-order valence-electron chi connectivity index (χ2n) is 4.31. The van der Waals surface area contributed by atoms with Gasteiger partial charge in [-0.05, 0) is 37.2 Å². The Labute approximate surface area is 103 Å². The first-order valence-corrected chi connectivity index (χ1v) is 5.84. The lowest BCUT2D eigenvalue weighted by Gasteiger charge is -2.23. The molecule has 0 fully saturated rings. The molecule has 0 saturated carbocycles. The number of likely N-dealkylation sites (N-methyl/N-ethyl adjacent to an activating group) is 1. The maximum Gasteiger partial charge on any atom is 0.126 e. The van der Waals surface area contributed by atoms with E-state index in [1.54, 1.807) is 14.2 Å². The lowest BCUT2D eigenvalue weighted by molar-refractivity contribution is 0.368. The molecule has 2 rings (SSSR count). The molecule has 17 heavy (non-hydrogen) atoms. The third-order valence-electron chi connectivity index (χ3n) is 3.16. The average Bonchev–Trinajstić information content (AvgIpc) is 2.39. The van der Waals surface area contributed by atoms with Crippen LogP contribution in [0.15, 0.2) is 24.3 Å². The number of hydrogen-bond acceptors (Lipinski definition) is 3. The zero-order valence-corrected chi connectivity index (χ0v) is 10.7. The minimum Gasteiger partial charge on any atom is -0.497 e. The molecule has 0 aromatic heterocycles. The van der Waals surface area contributed by atoms with Crippen LogP contribution in [0.1, 0.15) is 12.0 Å². The normalized spacial score (nSPS) is 16.5. The van der Waals surface area contributed by atoms with Gasteiger partial charge in [-0.1, -0.05) is 6.08 Å². The Morgan fingerprint density at radius 2 is 2.00 bits per heavy atom. The van der Waals surface area contributed by atoms with E-state index in [2.05, 4.69) is 24.1 Å². The van der Waals surface area contributed by atoms with E-state index in [1.165, 1.54) is 5.57 Å². The van der Waals surface area contributed by atoms with Gasteiger partial charge < -0.3 is 14.4 Å². The molecular weight excluding hydrogens is 214 g/mol. The summed E-state index contributed by atoms with van der Waals surface area (Å²) in [6.45, 7) is 2.09. The van der Waals surface area contributed by atoms with Crippen molar-refractivity contribution >= 4 is 5.57 Å². The van der Waals surface area contributed by atoms with Gasteiger partial charge in [0.1, 0.15) is 11.5 Å². The van der Waals surface area contributed by atoms with Crippen LogP contribution in [-0.2, 0) is 0 Å². The van der Waals surface area contributed by atoms with Crippen LogP contribution < -0.4 is 9.47 Å². The largest absolute Gasteiger partial charge is 0.497 e. The number of benzene rings is 1. The summed E-state index contributed by atoms with van der Waals surface area (Å²) in [7, 11) is 5.53. The zero-order valence-electron chi connectivity index (χ0n) is 10.7. The van der Waals surface area contributed by atoms with Gasteiger partial charge in [-0.25, -0.2) is 0 Å². The van der Waals surface area contributed by atoms with Crippen molar-refractivity contribution in [3.05, 3.63) is 29.8 Å². The molecule has 0 aliphatic carbocycles. The summed E-state index contributed by atoms with van der Waals surface area (Å²) in [5.74, 6) is 1.79. The fraction of sp³-hybridized carbons (Fsp3) is 0.429. The summed E-state index contributed by atoms with van der Waals surface area (Å²) in [5, 5.41) is 0. The number of ether oxygens (including phenoxy) is 2. The van der Waals surface area contributed by atoms with Crippen LogP contribution >= 0.6 is 0 Å². The minimum absolute atomic E-state index is 0.876. The molecular formula is C14H19NO2. The molecule has 0 amide bonds. The van der Waals surface area contributed by atoms with E-state index < -0.39 is 0 Å². The molecule has 3 nitrogen and oxygen atoms in total. The van der Waals surface area contributed by atoms with Gasteiger partial charge in [-0.3, -0.25) is 0 Å². The second kappa shape index (κ2) is 5.23. The van der Waals surface area contributed by atoms with Crippen LogP contribution in [0.3, 0.4) is 0 Å². The molecule has 92 valence electrons. The van der Waals surface area contributed by atoms with Crippen LogP contribution in [0.5, 0.6) is 11.5 Å². The van der Waals surface area contributed by atoms with Crippen molar-refractivity contribution in [3.63, 3.8) is 0 Å². The molecule has 0 spiro atoms. The van der Waals surface area contributed by atoms with E-state index in [1.807, 2.05) is 12.1 Å². The lowest BCUT2D eigenvalue weighted by atomic mass is 9.98. The number of hydrogen-bond donors (Lipinski definition) is 0. The van der Waals surface area contributed by atoms with Crippen LogP contribution in [0.25, 0.3) is 5.57 Å². The van der Waals surface area contributed by atoms with Gasteiger partial charge in [-0.2, -0.15) is 0 Å². The lowest BCUT2D eigenvalue weighted by Crippen LogP contribution is -2.23. The molecule has 0 radical (unpaired) electrons. The Kier molecular flexibility index (Phi) is 3.69. The van der Waals surface area contributed by atoms with Gasteiger partial charge in [-0.15, -0.1) is 0 Å². The Balaban J connectivity index is 2.35. The highest BCUT2D eigenvalue weighted by atomic mass is 16.5. The van der Waals surface area contributed by atoms with Crippen molar-refractivity contribution in [1.82, 2.24) is 4.90 Å². The monoisotopic (exact) mass is 233 g/mol. The predicted molar refractivity (Wildman–Crippen MR) is 69.6 cm³/mol. The summed E-state index contributed by atoms with van der Waals surface area (Å²) in [4.78, 5) is 2.30. The van der Waals surface area contributed by atoms with Crippen LogP contribution in [0.4, 0.5) is 0 Å². The summed E-state index contributed by atoms with van der Waals surface area (Å²) in [5.41, 5.74) is 2.50. The predicted octanol–water partition coefficient (Wildman–Crippen LogP) is 2.42. The van der Waals surface area contributed by atoms with Crippen molar-refractivity contribution in [2.75, 3.05) is 34.4 Å². The highest BCUT2D eigenvalue weighted by Gasteiger charge is 2.14. The third-order valence-corrected chi connectivity index (χ3v) is 3.16. The molecule has 3 heteroatoms. The van der Waals surface area contributed by atoms with Crippen LogP contribution in [0.2, 0.25) is 0 Å². The van der Waals surface area contributed by atoms with E-state index in [-0.39, 0.29) is 0 Å². The molecule has 1 heterocycles. The Morgan fingerprint density at radius 1 is 1.18 bits per heavy atom. The zero-order chi connectivity index (χ0) is 12.3. The van der Waals surface area contributed by atoms with Gasteiger partial charge in [0.25, 0.3) is 0 Å². The van der Waals surface area contributed by atoms with Crippen molar-refractivity contribution < 1.29 is 9.47 Å². The summed E-state index contributed by atoms with van der Waals surface area (Å²) < 4.78 is 10.7. The third kappa shape index (κ3) is 2.61. The maximum absolute atomic E-state index is 5.41. The molecule has 1 aliphatic rings. The summed E-state index contributed by atoms with van der Waals surface area (Å²) in [6, 6.07) is 5.95. The Hall–Kier alpha value is -1.48. The molecule has 1 aliphatic heterocycles. The second-order valence-corrected chi connectivity index (χ2v) is 4.31. The highest BCUT2D eigenvalue weighted by Crippen LogP contribution is 2.32. The summed E-state index contributed by atoms with van der Waals surface area (Å²) in [6.07, 6.45) is 3.32. The van der Waals surface area contributed by atoms with E-state index in [9.17, 15) is 0 Å². The van der Waals surface area contributed by atoms with Crippen molar-refractivity contribution in [3.8, 4) is 11.5 Å². The first kappa shape index (κ1) is 12.0. The van der Waals surface area contributed by atoms with E-state index in [0.717, 1.165) is 36.6 Å². The standard InChI is InChI=1S/C14H19NO2/c1-15-8-6-11(7-9-15)13-10-12(16-2)4-5-14(13)17-3/h4-6,10H,7-9H2,1-3H3. The Bertz CT molecular complexity index is 426. The maximum atomic E-state index is 5.41. The average molecular weight is 233 g/mol. The molecule has 0 saturated heterocycles. The molecule has 1 aromatic rings. The highest BCUT2D eigenvalue weighted by molar-refractivity contribution is 5.72. The summed E-state index contributed by atoms with van der Waals surface area (Å²) >= 11 is 0. The van der Waals surface area contributed by atoms with E-state index >= 15 is 0 Å². The van der Waals surface area contributed by atoms with E-state index in [0.29, 0.717) is 0 Å².